The molecule has 1 atom stereocenters. The number of anilines is 2. The summed E-state index contributed by atoms with van der Waals surface area (Å²) in [5, 5.41) is 9.56. The van der Waals surface area contributed by atoms with Gasteiger partial charge in [0, 0.05) is 36.3 Å². The number of pyridine rings is 1. The quantitative estimate of drug-likeness (QED) is 0.589. The van der Waals surface area contributed by atoms with Crippen LogP contribution in [0.25, 0.3) is 11.4 Å². The summed E-state index contributed by atoms with van der Waals surface area (Å²) in [7, 11) is 0. The van der Waals surface area contributed by atoms with Crippen molar-refractivity contribution in [3.63, 3.8) is 0 Å². The van der Waals surface area contributed by atoms with Crippen molar-refractivity contribution in [2.24, 2.45) is 0 Å². The third-order valence-corrected chi connectivity index (χ3v) is 4.51. The highest BCUT2D eigenvalue weighted by Gasteiger charge is 2.23. The molecule has 2 aromatic heterocycles. The summed E-state index contributed by atoms with van der Waals surface area (Å²) in [5.41, 5.74) is 2.09. The van der Waals surface area contributed by atoms with Crippen LogP contribution in [0, 0.1) is 0 Å². The lowest BCUT2D eigenvalue weighted by Crippen LogP contribution is -2.35. The van der Waals surface area contributed by atoms with Crippen LogP contribution < -0.4 is 10.6 Å². The number of benzene rings is 1. The van der Waals surface area contributed by atoms with Gasteiger partial charge in [0.1, 0.15) is 0 Å². The summed E-state index contributed by atoms with van der Waals surface area (Å²) in [4.78, 5) is 34.0. The van der Waals surface area contributed by atoms with Gasteiger partial charge in [0.15, 0.2) is 0 Å². The predicted molar refractivity (Wildman–Crippen MR) is 113 cm³/mol. The monoisotopic (exact) mass is 408 g/mol. The Balaban J connectivity index is 1.61. The van der Waals surface area contributed by atoms with E-state index >= 15 is 0 Å². The molecule has 0 saturated heterocycles. The Morgan fingerprint density at radius 1 is 1.13 bits per heavy atom. The van der Waals surface area contributed by atoms with Crippen LogP contribution in [-0.4, -0.2) is 44.9 Å². The van der Waals surface area contributed by atoms with Crippen molar-refractivity contribution in [2.75, 3.05) is 23.7 Å². The van der Waals surface area contributed by atoms with Crippen LogP contribution in [-0.2, 0) is 9.59 Å². The number of hydrogen-bond acceptors (Lipinski definition) is 7. The normalized spacial score (nSPS) is 11.9. The fraction of sp³-hybridized carbons (Fsp3) is 0.286. The molecule has 1 unspecified atom stereocenters. The van der Waals surface area contributed by atoms with E-state index in [9.17, 15) is 9.59 Å². The first-order valence-electron chi connectivity index (χ1n) is 9.61. The second-order valence-electron chi connectivity index (χ2n) is 6.74. The summed E-state index contributed by atoms with van der Waals surface area (Å²) in [6.45, 7) is 6.11. The number of nitrogens with zero attached hydrogens (tertiary/aromatic N) is 4. The highest BCUT2D eigenvalue weighted by molar-refractivity contribution is 5.93. The van der Waals surface area contributed by atoms with E-state index in [1.165, 1.54) is 6.92 Å². The first kappa shape index (κ1) is 21.1. The Hall–Kier alpha value is -3.59. The van der Waals surface area contributed by atoms with Gasteiger partial charge >= 0.3 is 0 Å². The third kappa shape index (κ3) is 5.48. The Morgan fingerprint density at radius 3 is 2.43 bits per heavy atom. The minimum absolute atomic E-state index is 0.146. The van der Waals surface area contributed by atoms with E-state index < -0.39 is 0 Å². The minimum atomic E-state index is -0.235. The average Bonchev–Trinajstić information content (AvgIpc) is 3.23. The molecular formula is C21H24N6O3. The van der Waals surface area contributed by atoms with Crippen molar-refractivity contribution < 1.29 is 14.1 Å². The van der Waals surface area contributed by atoms with Crippen LogP contribution in [0.5, 0.6) is 0 Å². The lowest BCUT2D eigenvalue weighted by Gasteiger charge is -2.24. The predicted octanol–water partition coefficient (Wildman–Crippen LogP) is 3.11. The molecule has 3 rings (SSSR count). The molecule has 0 aliphatic carbocycles. The Morgan fingerprint density at radius 2 is 1.83 bits per heavy atom. The van der Waals surface area contributed by atoms with Crippen LogP contribution in [0.1, 0.15) is 32.7 Å². The summed E-state index contributed by atoms with van der Waals surface area (Å²) >= 11 is 0. The molecule has 0 fully saturated rings. The fourth-order valence-corrected chi connectivity index (χ4v) is 2.92. The molecule has 0 spiro atoms. The molecule has 2 amide bonds. The van der Waals surface area contributed by atoms with Gasteiger partial charge in [-0.2, -0.15) is 4.98 Å². The van der Waals surface area contributed by atoms with Gasteiger partial charge in [-0.05, 0) is 49.9 Å². The van der Waals surface area contributed by atoms with Crippen molar-refractivity contribution in [1.29, 1.82) is 0 Å². The van der Waals surface area contributed by atoms with Gasteiger partial charge < -0.3 is 15.2 Å². The highest BCUT2D eigenvalue weighted by Crippen LogP contribution is 2.22. The molecule has 0 saturated carbocycles. The second kappa shape index (κ2) is 9.75. The van der Waals surface area contributed by atoms with Crippen LogP contribution in [0.3, 0.4) is 0 Å². The van der Waals surface area contributed by atoms with E-state index in [1.54, 1.807) is 42.7 Å². The van der Waals surface area contributed by atoms with Gasteiger partial charge in [-0.1, -0.05) is 12.1 Å². The van der Waals surface area contributed by atoms with Crippen molar-refractivity contribution in [3.8, 4) is 11.4 Å². The first-order chi connectivity index (χ1) is 14.5. The number of carbonyl (C=O) groups excluding carboxylic acids is 2. The van der Waals surface area contributed by atoms with Gasteiger partial charge in [-0.15, -0.1) is 0 Å². The van der Waals surface area contributed by atoms with E-state index in [-0.39, 0.29) is 24.4 Å². The van der Waals surface area contributed by atoms with Gasteiger partial charge in [-0.25, -0.2) is 0 Å². The number of amides is 2. The highest BCUT2D eigenvalue weighted by atomic mass is 16.5. The number of aromatic nitrogens is 3. The fourth-order valence-electron chi connectivity index (χ4n) is 2.92. The molecule has 3 aromatic rings. The largest absolute Gasteiger partial charge is 0.337 e. The topological polar surface area (TPSA) is 113 Å². The molecule has 30 heavy (non-hydrogen) atoms. The van der Waals surface area contributed by atoms with Gasteiger partial charge in [0.25, 0.3) is 0 Å². The molecule has 2 heterocycles. The number of carbonyl (C=O) groups is 2. The van der Waals surface area contributed by atoms with E-state index in [4.69, 9.17) is 4.52 Å². The average molecular weight is 408 g/mol. The summed E-state index contributed by atoms with van der Waals surface area (Å²) < 4.78 is 5.41. The molecule has 2 N–H and O–H groups in total. The number of likely N-dealkylation sites (N-methyl/N-ethyl adjacent to an activating group) is 1. The maximum absolute atomic E-state index is 12.5. The Labute approximate surface area is 174 Å². The standard InChI is InChI=1S/C21H24N6O3/c1-4-27(13-19(29)24-18-9-7-17(8-10-18)23-15(3)28)14(2)21-25-20(26-30-21)16-6-5-11-22-12-16/h5-12,14H,4,13H2,1-3H3,(H,23,28)(H,24,29). The summed E-state index contributed by atoms with van der Waals surface area (Å²) in [5.74, 6) is 0.586. The van der Waals surface area contributed by atoms with Crippen LogP contribution in [0.2, 0.25) is 0 Å². The van der Waals surface area contributed by atoms with Crippen LogP contribution in [0.4, 0.5) is 11.4 Å². The van der Waals surface area contributed by atoms with Crippen molar-refractivity contribution >= 4 is 23.2 Å². The molecule has 0 aliphatic heterocycles. The van der Waals surface area contributed by atoms with Gasteiger partial charge in [0.05, 0.1) is 12.6 Å². The molecular weight excluding hydrogens is 384 g/mol. The first-order valence-corrected chi connectivity index (χ1v) is 9.61. The third-order valence-electron chi connectivity index (χ3n) is 4.51. The van der Waals surface area contributed by atoms with Gasteiger partial charge in [0.2, 0.25) is 23.5 Å². The summed E-state index contributed by atoms with van der Waals surface area (Å²) in [6, 6.07) is 10.4. The Bertz CT molecular complexity index is 987. The molecule has 1 aromatic carbocycles. The number of hydrogen-bond donors (Lipinski definition) is 2. The summed E-state index contributed by atoms with van der Waals surface area (Å²) in [6.07, 6.45) is 3.35. The minimum Gasteiger partial charge on any atom is -0.337 e. The van der Waals surface area contributed by atoms with Gasteiger partial charge in [-0.3, -0.25) is 19.5 Å². The molecule has 0 bridgehead atoms. The van der Waals surface area contributed by atoms with Crippen molar-refractivity contribution in [1.82, 2.24) is 20.0 Å². The number of nitrogens with one attached hydrogen (secondary N) is 2. The molecule has 156 valence electrons. The van der Waals surface area contributed by atoms with Crippen molar-refractivity contribution in [2.45, 2.75) is 26.8 Å². The SMILES string of the molecule is CCN(CC(=O)Nc1ccc(NC(C)=O)cc1)C(C)c1nc(-c2cccnc2)no1. The van der Waals surface area contributed by atoms with Crippen LogP contribution >= 0.6 is 0 Å². The van der Waals surface area contributed by atoms with E-state index in [0.717, 1.165) is 5.56 Å². The molecule has 0 aliphatic rings. The van der Waals surface area contributed by atoms with Crippen LogP contribution in [0.15, 0.2) is 53.3 Å². The van der Waals surface area contributed by atoms with E-state index in [1.807, 2.05) is 24.8 Å². The zero-order chi connectivity index (χ0) is 21.5. The van der Waals surface area contributed by atoms with E-state index in [0.29, 0.717) is 29.6 Å². The second-order valence-corrected chi connectivity index (χ2v) is 6.74. The van der Waals surface area contributed by atoms with E-state index in [2.05, 4.69) is 25.8 Å². The number of rotatable bonds is 8. The zero-order valence-electron chi connectivity index (χ0n) is 17.1. The molecule has 0 radical (unpaired) electrons. The maximum Gasteiger partial charge on any atom is 0.244 e. The van der Waals surface area contributed by atoms with Crippen molar-refractivity contribution in [3.05, 3.63) is 54.7 Å². The zero-order valence-corrected chi connectivity index (χ0v) is 17.1. The maximum atomic E-state index is 12.5. The molecule has 9 nitrogen and oxygen atoms in total. The Kier molecular flexibility index (Phi) is 6.87. The smallest absolute Gasteiger partial charge is 0.244 e. The lowest BCUT2D eigenvalue weighted by atomic mass is 10.2. The molecule has 9 heteroatoms. The lowest BCUT2D eigenvalue weighted by molar-refractivity contribution is -0.118.